The Hall–Kier alpha value is -2.97. The molecule has 0 aliphatic carbocycles. The molecule has 6 nitrogen and oxygen atoms in total. The molecule has 0 spiro atoms. The van der Waals surface area contributed by atoms with Gasteiger partial charge in [0.25, 0.3) is 10.0 Å². The van der Waals surface area contributed by atoms with Gasteiger partial charge in [-0.2, -0.15) is 0 Å². The number of carbonyl (C=O) groups excluding carboxylic acids is 1. The quantitative estimate of drug-likeness (QED) is 0.541. The van der Waals surface area contributed by atoms with Gasteiger partial charge >= 0.3 is 5.97 Å². The van der Waals surface area contributed by atoms with Gasteiger partial charge < -0.3 is 9.47 Å². The lowest BCUT2D eigenvalue weighted by Gasteiger charge is -2.13. The van der Waals surface area contributed by atoms with Crippen LogP contribution >= 0.6 is 11.8 Å². The van der Waals surface area contributed by atoms with E-state index in [2.05, 4.69) is 9.46 Å². The predicted octanol–water partition coefficient (Wildman–Crippen LogP) is 4.19. The molecule has 3 aromatic carbocycles. The number of ether oxygens (including phenoxy) is 2. The van der Waals surface area contributed by atoms with Crippen molar-refractivity contribution in [3.05, 3.63) is 78.9 Å². The Morgan fingerprint density at radius 2 is 1.59 bits per heavy atom. The van der Waals surface area contributed by atoms with Gasteiger partial charge in [0, 0.05) is 9.79 Å². The average molecular weight is 430 g/mol. The fourth-order valence-corrected chi connectivity index (χ4v) is 4.44. The molecule has 0 saturated carbocycles. The third-order valence-corrected chi connectivity index (χ3v) is 6.29. The number of sulfonamides is 1. The Labute approximate surface area is 173 Å². The molecule has 1 N–H and O–H groups in total. The van der Waals surface area contributed by atoms with E-state index in [0.29, 0.717) is 11.4 Å². The number of carbonyl (C=O) groups is 1. The van der Waals surface area contributed by atoms with Gasteiger partial charge in [0.1, 0.15) is 5.75 Å². The van der Waals surface area contributed by atoms with E-state index in [9.17, 15) is 13.2 Å². The Bertz CT molecular complexity index is 1070. The summed E-state index contributed by atoms with van der Waals surface area (Å²) in [5, 5.41) is 0. The molecule has 0 unspecified atom stereocenters. The Kier molecular flexibility index (Phi) is 6.79. The highest BCUT2D eigenvalue weighted by Crippen LogP contribution is 2.34. The van der Waals surface area contributed by atoms with Crippen molar-refractivity contribution in [3.63, 3.8) is 0 Å². The summed E-state index contributed by atoms with van der Waals surface area (Å²) < 4.78 is 38.0. The number of para-hydroxylation sites is 1. The molecule has 0 fully saturated rings. The van der Waals surface area contributed by atoms with Gasteiger partial charge in [0.2, 0.25) is 0 Å². The minimum atomic E-state index is -3.79. The van der Waals surface area contributed by atoms with Gasteiger partial charge in [0.15, 0.2) is 6.61 Å². The maximum atomic E-state index is 12.8. The van der Waals surface area contributed by atoms with Crippen LogP contribution < -0.4 is 9.46 Å². The van der Waals surface area contributed by atoms with Gasteiger partial charge in [0.05, 0.1) is 17.7 Å². The van der Waals surface area contributed by atoms with Crippen molar-refractivity contribution in [2.24, 2.45) is 0 Å². The van der Waals surface area contributed by atoms with Crippen LogP contribution in [0.5, 0.6) is 5.75 Å². The zero-order chi connectivity index (χ0) is 20.7. The third kappa shape index (κ3) is 5.75. The molecule has 3 aromatic rings. The zero-order valence-electron chi connectivity index (χ0n) is 15.6. The summed E-state index contributed by atoms with van der Waals surface area (Å²) in [6.45, 7) is -0.245. The van der Waals surface area contributed by atoms with E-state index >= 15 is 0 Å². The van der Waals surface area contributed by atoms with Crippen molar-refractivity contribution in [1.82, 2.24) is 0 Å². The lowest BCUT2D eigenvalue weighted by molar-refractivity contribution is -0.142. The molecule has 0 aliphatic heterocycles. The Balaban J connectivity index is 1.75. The number of anilines is 1. The summed E-state index contributed by atoms with van der Waals surface area (Å²) in [5.41, 5.74) is 0.493. The number of hydrogen-bond donors (Lipinski definition) is 1. The first-order valence-electron chi connectivity index (χ1n) is 8.62. The normalized spacial score (nSPS) is 10.9. The number of methoxy groups -OCH3 is 1. The molecule has 0 heterocycles. The van der Waals surface area contributed by atoms with Crippen LogP contribution in [0.4, 0.5) is 5.69 Å². The maximum Gasteiger partial charge on any atom is 0.343 e. The second-order valence-corrected chi connectivity index (χ2v) is 8.65. The third-order valence-electron chi connectivity index (χ3n) is 3.82. The summed E-state index contributed by atoms with van der Waals surface area (Å²) in [6, 6.07) is 22.7. The van der Waals surface area contributed by atoms with E-state index in [1.165, 1.54) is 43.1 Å². The van der Waals surface area contributed by atoms with E-state index in [1.807, 2.05) is 42.5 Å². The molecule has 0 aromatic heterocycles. The number of benzene rings is 3. The van der Waals surface area contributed by atoms with Gasteiger partial charge in [-0.25, -0.2) is 13.2 Å². The van der Waals surface area contributed by atoms with Crippen molar-refractivity contribution in [2.75, 3.05) is 18.4 Å². The van der Waals surface area contributed by atoms with Crippen molar-refractivity contribution in [2.45, 2.75) is 14.7 Å². The zero-order valence-corrected chi connectivity index (χ0v) is 17.2. The van der Waals surface area contributed by atoms with Crippen LogP contribution in [0.1, 0.15) is 0 Å². The van der Waals surface area contributed by atoms with Crippen molar-refractivity contribution < 1.29 is 22.7 Å². The van der Waals surface area contributed by atoms with Crippen LogP contribution in [-0.4, -0.2) is 28.1 Å². The van der Waals surface area contributed by atoms with Crippen LogP contribution in [0.3, 0.4) is 0 Å². The van der Waals surface area contributed by atoms with Crippen LogP contribution in [-0.2, 0) is 19.6 Å². The monoisotopic (exact) mass is 429 g/mol. The van der Waals surface area contributed by atoms with E-state index in [-0.39, 0.29) is 11.5 Å². The van der Waals surface area contributed by atoms with Crippen LogP contribution in [0.2, 0.25) is 0 Å². The van der Waals surface area contributed by atoms with E-state index in [4.69, 9.17) is 4.74 Å². The summed E-state index contributed by atoms with van der Waals surface area (Å²) in [7, 11) is -2.53. The summed E-state index contributed by atoms with van der Waals surface area (Å²) >= 11 is 1.47. The molecule has 0 atom stereocenters. The molecular weight excluding hydrogens is 410 g/mol. The largest absolute Gasteiger partial charge is 0.482 e. The molecule has 0 amide bonds. The number of hydrogen-bond acceptors (Lipinski definition) is 6. The molecule has 8 heteroatoms. The highest BCUT2D eigenvalue weighted by atomic mass is 32.2. The smallest absolute Gasteiger partial charge is 0.343 e. The predicted molar refractivity (Wildman–Crippen MR) is 112 cm³/mol. The minimum Gasteiger partial charge on any atom is -0.482 e. The lowest BCUT2D eigenvalue weighted by atomic mass is 10.3. The number of nitrogens with one attached hydrogen (secondary N) is 1. The topological polar surface area (TPSA) is 81.7 Å². The van der Waals surface area contributed by atoms with Crippen molar-refractivity contribution in [3.8, 4) is 5.75 Å². The molecule has 150 valence electrons. The van der Waals surface area contributed by atoms with Crippen LogP contribution in [0.25, 0.3) is 0 Å². The second kappa shape index (κ2) is 9.49. The molecule has 3 rings (SSSR count). The van der Waals surface area contributed by atoms with Gasteiger partial charge in [-0.15, -0.1) is 0 Å². The van der Waals surface area contributed by atoms with Crippen LogP contribution in [0, 0.1) is 0 Å². The van der Waals surface area contributed by atoms with Crippen molar-refractivity contribution in [1.29, 1.82) is 0 Å². The summed E-state index contributed by atoms with van der Waals surface area (Å²) in [6.07, 6.45) is 0. The van der Waals surface area contributed by atoms with E-state index in [0.717, 1.165) is 9.79 Å². The maximum absolute atomic E-state index is 12.8. The Morgan fingerprint density at radius 1 is 0.931 bits per heavy atom. The fourth-order valence-electron chi connectivity index (χ4n) is 2.38. The highest BCUT2D eigenvalue weighted by molar-refractivity contribution is 7.99. The molecule has 0 saturated heterocycles. The lowest BCUT2D eigenvalue weighted by Crippen LogP contribution is -2.14. The molecule has 29 heavy (non-hydrogen) atoms. The average Bonchev–Trinajstić information content (AvgIpc) is 2.74. The molecule has 0 radical (unpaired) electrons. The SMILES string of the molecule is COC(=O)COc1ccc(S(=O)(=O)Nc2ccccc2Sc2ccccc2)cc1. The minimum absolute atomic E-state index is 0.0856. The first-order valence-corrected chi connectivity index (χ1v) is 10.9. The van der Waals surface area contributed by atoms with Gasteiger partial charge in [-0.1, -0.05) is 42.1 Å². The summed E-state index contributed by atoms with van der Waals surface area (Å²) in [4.78, 5) is 13.0. The molecule has 0 aliphatic rings. The number of rotatable bonds is 8. The van der Waals surface area contributed by atoms with Gasteiger partial charge in [-0.05, 0) is 48.5 Å². The molecular formula is C21H19NO5S2. The number of esters is 1. The Morgan fingerprint density at radius 3 is 2.28 bits per heavy atom. The fraction of sp³-hybridized carbons (Fsp3) is 0.0952. The van der Waals surface area contributed by atoms with Crippen LogP contribution in [0.15, 0.2) is 93.5 Å². The molecule has 0 bridgehead atoms. The summed E-state index contributed by atoms with van der Waals surface area (Å²) in [5.74, 6) is -0.148. The van der Waals surface area contributed by atoms with E-state index in [1.54, 1.807) is 12.1 Å². The first kappa shape index (κ1) is 20.8. The van der Waals surface area contributed by atoms with E-state index < -0.39 is 16.0 Å². The first-order chi connectivity index (χ1) is 14.0. The second-order valence-electron chi connectivity index (χ2n) is 5.85. The van der Waals surface area contributed by atoms with Gasteiger partial charge in [-0.3, -0.25) is 4.72 Å². The highest BCUT2D eigenvalue weighted by Gasteiger charge is 2.16. The van der Waals surface area contributed by atoms with Crippen molar-refractivity contribution >= 4 is 33.4 Å². The standard InChI is InChI=1S/C21H19NO5S2/c1-26-21(23)15-27-16-11-13-18(14-12-16)29(24,25)22-19-9-5-6-10-20(19)28-17-7-3-2-4-8-17/h2-14,22H,15H2,1H3.